The Balaban J connectivity index is 1.99. The first-order chi connectivity index (χ1) is 11.9. The molecule has 1 N–H and O–H groups in total. The zero-order valence-corrected chi connectivity index (χ0v) is 14.8. The van der Waals surface area contributed by atoms with E-state index in [1.54, 1.807) is 18.9 Å². The summed E-state index contributed by atoms with van der Waals surface area (Å²) in [5.74, 6) is -0.516. The predicted octanol–water partition coefficient (Wildman–Crippen LogP) is 2.94. The highest BCUT2D eigenvalue weighted by Crippen LogP contribution is 2.36. The quantitative estimate of drug-likeness (QED) is 0.659. The van der Waals surface area contributed by atoms with Crippen LogP contribution in [0.2, 0.25) is 0 Å². The van der Waals surface area contributed by atoms with Crippen LogP contribution in [-0.4, -0.2) is 41.5 Å². The molecule has 6 nitrogen and oxygen atoms in total. The van der Waals surface area contributed by atoms with Crippen LogP contribution in [0.4, 0.5) is 10.1 Å². The molecular formula is C17H19ClFN3O3. The largest absolute Gasteiger partial charge is 0.479 e. The molecule has 8 heteroatoms. The molecule has 0 aromatic heterocycles. The molecule has 1 fully saturated rings. The van der Waals surface area contributed by atoms with Gasteiger partial charge in [0.15, 0.2) is 6.10 Å². The van der Waals surface area contributed by atoms with E-state index in [9.17, 15) is 14.0 Å². The molecule has 3 rings (SSSR count). The summed E-state index contributed by atoms with van der Waals surface area (Å²) in [5, 5.41) is 6.10. The molecule has 0 saturated carbocycles. The lowest BCUT2D eigenvalue weighted by Gasteiger charge is -2.37. The van der Waals surface area contributed by atoms with Crippen molar-refractivity contribution in [3.05, 3.63) is 28.7 Å². The Bertz CT molecular complexity index is 753. The molecule has 0 aliphatic carbocycles. The Morgan fingerprint density at radius 3 is 2.84 bits per heavy atom. The number of benzene rings is 1. The third-order valence-corrected chi connectivity index (χ3v) is 4.86. The Morgan fingerprint density at radius 1 is 1.40 bits per heavy atom. The Labute approximate surface area is 150 Å². The highest BCUT2D eigenvalue weighted by molar-refractivity contribution is 6.32. The summed E-state index contributed by atoms with van der Waals surface area (Å²) in [6, 6.07) is 2.74. The first kappa shape index (κ1) is 17.5. The zero-order chi connectivity index (χ0) is 18.1. The van der Waals surface area contributed by atoms with Crippen LogP contribution in [0, 0.1) is 5.82 Å². The molecule has 25 heavy (non-hydrogen) atoms. The van der Waals surface area contributed by atoms with Gasteiger partial charge in [-0.15, -0.1) is 0 Å². The van der Waals surface area contributed by atoms with Gasteiger partial charge in [-0.1, -0.05) is 11.6 Å². The van der Waals surface area contributed by atoms with Crippen LogP contribution < -0.4 is 10.1 Å². The summed E-state index contributed by atoms with van der Waals surface area (Å²) >= 11 is 6.44. The lowest BCUT2D eigenvalue weighted by molar-refractivity contribution is -0.133. The highest BCUT2D eigenvalue weighted by atomic mass is 35.5. The fourth-order valence-electron chi connectivity index (χ4n) is 2.93. The number of nitrogens with zero attached hydrogens (tertiary/aromatic N) is 2. The lowest BCUT2D eigenvalue weighted by atomic mass is 10.0. The average Bonchev–Trinajstić information content (AvgIpc) is 2.61. The Hall–Kier alpha value is -2.28. The van der Waals surface area contributed by atoms with Crippen molar-refractivity contribution in [1.82, 2.24) is 10.0 Å². The molecular weight excluding hydrogens is 349 g/mol. The van der Waals surface area contributed by atoms with Gasteiger partial charge >= 0.3 is 0 Å². The maximum Gasteiger partial charge on any atom is 0.265 e. The maximum atomic E-state index is 14.6. The number of ether oxygens (including phenoxy) is 1. The molecule has 1 aromatic rings. The Morgan fingerprint density at radius 2 is 2.12 bits per heavy atom. The van der Waals surface area contributed by atoms with Crippen molar-refractivity contribution in [2.45, 2.75) is 32.8 Å². The van der Waals surface area contributed by atoms with Gasteiger partial charge < -0.3 is 10.1 Å². The van der Waals surface area contributed by atoms with Gasteiger partial charge in [-0.2, -0.15) is 0 Å². The van der Waals surface area contributed by atoms with E-state index in [-0.39, 0.29) is 22.4 Å². The van der Waals surface area contributed by atoms with E-state index in [4.69, 9.17) is 16.3 Å². The van der Waals surface area contributed by atoms with Crippen LogP contribution in [-0.2, 0) is 9.59 Å². The van der Waals surface area contributed by atoms with E-state index in [0.29, 0.717) is 30.8 Å². The summed E-state index contributed by atoms with van der Waals surface area (Å²) in [4.78, 5) is 23.0. The smallest absolute Gasteiger partial charge is 0.265 e. The van der Waals surface area contributed by atoms with E-state index in [0.717, 1.165) is 12.8 Å². The molecule has 134 valence electrons. The minimum absolute atomic E-state index is 0.249. The van der Waals surface area contributed by atoms with Gasteiger partial charge in [-0.3, -0.25) is 19.6 Å². The third-order valence-electron chi connectivity index (χ3n) is 4.38. The summed E-state index contributed by atoms with van der Waals surface area (Å²) in [6.07, 6.45) is 1.83. The van der Waals surface area contributed by atoms with Gasteiger partial charge in [-0.25, -0.2) is 4.39 Å². The molecule has 2 aliphatic rings. The third kappa shape index (κ3) is 3.28. The van der Waals surface area contributed by atoms with Crippen LogP contribution in [0.15, 0.2) is 17.3 Å². The topological polar surface area (TPSA) is 61.9 Å². The first-order valence-electron chi connectivity index (χ1n) is 8.09. The van der Waals surface area contributed by atoms with E-state index >= 15 is 0 Å². The number of carbonyl (C=O) groups is 2. The highest BCUT2D eigenvalue weighted by Gasteiger charge is 2.27. The number of anilines is 1. The van der Waals surface area contributed by atoms with Gasteiger partial charge in [0, 0.05) is 24.7 Å². The minimum atomic E-state index is -0.674. The fraction of sp³-hybridized carbons (Fsp3) is 0.412. The molecule has 0 bridgehead atoms. The molecule has 1 aromatic carbocycles. The van der Waals surface area contributed by atoms with Crippen LogP contribution >= 0.6 is 11.6 Å². The molecule has 2 amide bonds. The normalized spacial score (nSPS) is 21.1. The SMILES string of the molecule is C/C(=C(/Cl)N1CCCCN1C=O)c1cc2c(cc1F)OC(C)C(=O)N2. The first-order valence-corrected chi connectivity index (χ1v) is 8.47. The van der Waals surface area contributed by atoms with Gasteiger partial charge in [0.1, 0.15) is 16.7 Å². The van der Waals surface area contributed by atoms with Crippen molar-refractivity contribution >= 4 is 35.2 Å². The number of nitrogens with one attached hydrogen (secondary N) is 1. The summed E-state index contributed by atoms with van der Waals surface area (Å²) in [7, 11) is 0. The van der Waals surface area contributed by atoms with E-state index < -0.39 is 11.9 Å². The molecule has 1 unspecified atom stereocenters. The van der Waals surface area contributed by atoms with Gasteiger partial charge in [0.05, 0.1) is 5.69 Å². The molecule has 1 saturated heterocycles. The van der Waals surface area contributed by atoms with Crippen molar-refractivity contribution in [2.75, 3.05) is 18.4 Å². The lowest BCUT2D eigenvalue weighted by Crippen LogP contribution is -2.44. The van der Waals surface area contributed by atoms with Crippen LogP contribution in [0.3, 0.4) is 0 Å². The number of hydrazine groups is 1. The number of rotatable bonds is 3. The summed E-state index contributed by atoms with van der Waals surface area (Å²) in [6.45, 7) is 4.43. The van der Waals surface area contributed by atoms with Crippen LogP contribution in [0.1, 0.15) is 32.3 Å². The average molecular weight is 368 g/mol. The van der Waals surface area contributed by atoms with Crippen LogP contribution in [0.25, 0.3) is 5.57 Å². The molecule has 1 atom stereocenters. The Kier molecular flexibility index (Phi) is 4.85. The van der Waals surface area contributed by atoms with Gasteiger partial charge in [0.25, 0.3) is 5.91 Å². The van der Waals surface area contributed by atoms with Crippen molar-refractivity contribution in [3.8, 4) is 5.75 Å². The van der Waals surface area contributed by atoms with Crippen molar-refractivity contribution < 1.29 is 18.7 Å². The number of amides is 2. The molecule has 0 radical (unpaired) electrons. The summed E-state index contributed by atoms with van der Waals surface area (Å²) in [5.41, 5.74) is 1.12. The molecule has 2 aliphatic heterocycles. The van der Waals surface area contributed by atoms with Crippen molar-refractivity contribution in [3.63, 3.8) is 0 Å². The van der Waals surface area contributed by atoms with Gasteiger partial charge in [0.2, 0.25) is 6.41 Å². The van der Waals surface area contributed by atoms with Crippen LogP contribution in [0.5, 0.6) is 5.75 Å². The molecule has 0 spiro atoms. The number of hydrogen-bond donors (Lipinski definition) is 1. The second kappa shape index (κ2) is 6.92. The van der Waals surface area contributed by atoms with Crippen molar-refractivity contribution in [2.24, 2.45) is 0 Å². The number of fused-ring (bicyclic) bond motifs is 1. The van der Waals surface area contributed by atoms with E-state index in [1.165, 1.54) is 17.1 Å². The second-order valence-electron chi connectivity index (χ2n) is 6.09. The van der Waals surface area contributed by atoms with Crippen molar-refractivity contribution in [1.29, 1.82) is 0 Å². The minimum Gasteiger partial charge on any atom is -0.479 e. The maximum absolute atomic E-state index is 14.6. The van der Waals surface area contributed by atoms with E-state index in [1.807, 2.05) is 0 Å². The number of halogens is 2. The van der Waals surface area contributed by atoms with E-state index in [2.05, 4.69) is 5.32 Å². The standard InChI is InChI=1S/C17H19ClFN3O3/c1-10(16(18)22-6-4-3-5-21(22)9-23)12-7-14-15(8-13(12)19)25-11(2)17(24)20-14/h7-9,11H,3-6H2,1-2H3,(H,20,24)/b16-10+. The van der Waals surface area contributed by atoms with Gasteiger partial charge in [-0.05, 0) is 38.3 Å². The fourth-order valence-corrected chi connectivity index (χ4v) is 3.21. The zero-order valence-electron chi connectivity index (χ0n) is 14.0. The second-order valence-corrected chi connectivity index (χ2v) is 6.45. The predicted molar refractivity (Wildman–Crippen MR) is 92.3 cm³/mol. The summed E-state index contributed by atoms with van der Waals surface area (Å²) < 4.78 is 20.0. The molecule has 2 heterocycles. The number of allylic oxidation sites excluding steroid dienone is 1. The monoisotopic (exact) mass is 367 g/mol. The number of hydrogen-bond acceptors (Lipinski definition) is 4. The number of carbonyl (C=O) groups excluding carboxylic acids is 2.